The third-order valence-electron chi connectivity index (χ3n) is 3.61. The summed E-state index contributed by atoms with van der Waals surface area (Å²) in [7, 11) is 0. The highest BCUT2D eigenvalue weighted by atomic mass is 19.4. The van der Waals surface area contributed by atoms with Gasteiger partial charge in [-0.2, -0.15) is 18.4 Å². The molecule has 2 aromatic carbocycles. The van der Waals surface area contributed by atoms with Gasteiger partial charge in [0.05, 0.1) is 17.7 Å². The van der Waals surface area contributed by atoms with E-state index in [2.05, 4.69) is 10.6 Å². The molecule has 0 radical (unpaired) electrons. The SMILES string of the molecule is CCOC(=O)c1ccc(NC(=O)/C(C#N)=C\Nc2ccc(C(F)(F)F)cc2)cc1. The number of ether oxygens (including phenoxy) is 1. The van der Waals surface area contributed by atoms with Crippen LogP contribution in [0.15, 0.2) is 60.3 Å². The Balaban J connectivity index is 2.03. The van der Waals surface area contributed by atoms with Crippen LogP contribution in [0.4, 0.5) is 24.5 Å². The zero-order valence-corrected chi connectivity index (χ0v) is 15.2. The van der Waals surface area contributed by atoms with Gasteiger partial charge in [-0.1, -0.05) is 0 Å². The van der Waals surface area contributed by atoms with E-state index in [1.54, 1.807) is 13.0 Å². The van der Waals surface area contributed by atoms with Crippen molar-refractivity contribution in [2.24, 2.45) is 0 Å². The van der Waals surface area contributed by atoms with Gasteiger partial charge in [-0.15, -0.1) is 0 Å². The molecule has 0 heterocycles. The van der Waals surface area contributed by atoms with E-state index in [0.717, 1.165) is 18.3 Å². The standard InChI is InChI=1S/C20H16F3N3O3/c1-2-29-19(28)13-3-7-17(8-4-13)26-18(27)14(11-24)12-25-16-9-5-15(6-10-16)20(21,22)23/h3-10,12,25H,2H2,1H3,(H,26,27)/b14-12-. The van der Waals surface area contributed by atoms with Crippen LogP contribution in [0.25, 0.3) is 0 Å². The molecule has 0 unspecified atom stereocenters. The van der Waals surface area contributed by atoms with E-state index < -0.39 is 23.6 Å². The fourth-order valence-corrected chi connectivity index (χ4v) is 2.16. The predicted octanol–water partition coefficient (Wildman–Crippen LogP) is 4.34. The van der Waals surface area contributed by atoms with Crippen LogP contribution in [0.3, 0.4) is 0 Å². The number of rotatable bonds is 6. The molecule has 2 N–H and O–H groups in total. The Kier molecular flexibility index (Phi) is 6.98. The molecule has 0 aliphatic rings. The summed E-state index contributed by atoms with van der Waals surface area (Å²) >= 11 is 0. The van der Waals surface area contributed by atoms with Gasteiger partial charge in [0.15, 0.2) is 0 Å². The van der Waals surface area contributed by atoms with Crippen molar-refractivity contribution < 1.29 is 27.5 Å². The average Bonchev–Trinajstić information content (AvgIpc) is 2.69. The number of carbonyl (C=O) groups is 2. The van der Waals surface area contributed by atoms with Crippen molar-refractivity contribution in [3.63, 3.8) is 0 Å². The third-order valence-corrected chi connectivity index (χ3v) is 3.61. The Hall–Kier alpha value is -3.80. The van der Waals surface area contributed by atoms with Gasteiger partial charge >= 0.3 is 12.1 Å². The maximum Gasteiger partial charge on any atom is 0.416 e. The molecule has 0 fully saturated rings. The number of alkyl halides is 3. The van der Waals surface area contributed by atoms with Gasteiger partial charge in [0.25, 0.3) is 5.91 Å². The number of nitriles is 1. The zero-order chi connectivity index (χ0) is 21.4. The highest BCUT2D eigenvalue weighted by Gasteiger charge is 2.29. The predicted molar refractivity (Wildman–Crippen MR) is 99.8 cm³/mol. The summed E-state index contributed by atoms with van der Waals surface area (Å²) in [5.74, 6) is -1.22. The van der Waals surface area contributed by atoms with E-state index in [0.29, 0.717) is 11.3 Å². The largest absolute Gasteiger partial charge is 0.462 e. The number of esters is 1. The van der Waals surface area contributed by atoms with E-state index in [-0.39, 0.29) is 17.9 Å². The highest BCUT2D eigenvalue weighted by Crippen LogP contribution is 2.29. The summed E-state index contributed by atoms with van der Waals surface area (Å²) in [6, 6.07) is 11.7. The second kappa shape index (κ2) is 9.41. The molecule has 0 aromatic heterocycles. The molecule has 9 heteroatoms. The minimum atomic E-state index is -4.45. The maximum atomic E-state index is 12.6. The molecule has 150 valence electrons. The molecule has 0 aliphatic heterocycles. The van der Waals surface area contributed by atoms with Crippen LogP contribution in [0.2, 0.25) is 0 Å². The Morgan fingerprint density at radius 2 is 1.66 bits per heavy atom. The molecule has 6 nitrogen and oxygen atoms in total. The van der Waals surface area contributed by atoms with Gasteiger partial charge in [-0.05, 0) is 55.5 Å². The van der Waals surface area contributed by atoms with E-state index in [4.69, 9.17) is 10.00 Å². The summed E-state index contributed by atoms with van der Waals surface area (Å²) < 4.78 is 42.5. The molecule has 0 aliphatic carbocycles. The van der Waals surface area contributed by atoms with E-state index in [1.807, 2.05) is 0 Å². The number of nitrogens with zero attached hydrogens (tertiary/aromatic N) is 1. The van der Waals surface area contributed by atoms with Crippen LogP contribution in [-0.4, -0.2) is 18.5 Å². The first-order chi connectivity index (χ1) is 13.7. The lowest BCUT2D eigenvalue weighted by atomic mass is 10.2. The second-order valence-electron chi connectivity index (χ2n) is 5.64. The first-order valence-electron chi connectivity index (χ1n) is 8.37. The fourth-order valence-electron chi connectivity index (χ4n) is 2.16. The van der Waals surface area contributed by atoms with Crippen molar-refractivity contribution in [1.29, 1.82) is 5.26 Å². The number of carbonyl (C=O) groups excluding carboxylic acids is 2. The molecule has 0 saturated carbocycles. The first-order valence-corrected chi connectivity index (χ1v) is 8.37. The van der Waals surface area contributed by atoms with Crippen LogP contribution >= 0.6 is 0 Å². The molecular formula is C20H16F3N3O3. The van der Waals surface area contributed by atoms with Crippen LogP contribution in [-0.2, 0) is 15.7 Å². The van der Waals surface area contributed by atoms with Crippen molar-refractivity contribution in [3.05, 3.63) is 71.4 Å². The lowest BCUT2D eigenvalue weighted by Gasteiger charge is -2.08. The Morgan fingerprint density at radius 3 is 2.17 bits per heavy atom. The number of halogens is 3. The number of hydrogen-bond acceptors (Lipinski definition) is 5. The number of nitrogens with one attached hydrogen (secondary N) is 2. The molecule has 0 bridgehead atoms. The highest BCUT2D eigenvalue weighted by molar-refractivity contribution is 6.06. The van der Waals surface area contributed by atoms with Gasteiger partial charge < -0.3 is 15.4 Å². The number of amides is 1. The summed E-state index contributed by atoms with van der Waals surface area (Å²) in [6.45, 7) is 1.92. The lowest BCUT2D eigenvalue weighted by molar-refractivity contribution is -0.137. The van der Waals surface area contributed by atoms with Crippen LogP contribution in [0, 0.1) is 11.3 Å². The maximum absolute atomic E-state index is 12.6. The lowest BCUT2D eigenvalue weighted by Crippen LogP contribution is -2.14. The smallest absolute Gasteiger partial charge is 0.416 e. The molecule has 1 amide bonds. The third kappa shape index (κ3) is 6.10. The van der Waals surface area contributed by atoms with Crippen molar-refractivity contribution >= 4 is 23.3 Å². The van der Waals surface area contributed by atoms with Crippen LogP contribution < -0.4 is 10.6 Å². The molecule has 2 rings (SSSR count). The number of anilines is 2. The first kappa shape index (κ1) is 21.5. The minimum absolute atomic E-state index is 0.236. The molecular weight excluding hydrogens is 387 g/mol. The summed E-state index contributed by atoms with van der Waals surface area (Å²) in [4.78, 5) is 23.8. The van der Waals surface area contributed by atoms with Gasteiger partial charge in [0, 0.05) is 17.6 Å². The molecule has 0 atom stereocenters. The van der Waals surface area contributed by atoms with Gasteiger partial charge in [0.1, 0.15) is 11.6 Å². The quantitative estimate of drug-likeness (QED) is 0.425. The molecule has 0 saturated heterocycles. The van der Waals surface area contributed by atoms with E-state index >= 15 is 0 Å². The summed E-state index contributed by atoms with van der Waals surface area (Å²) in [5.41, 5.74) is -0.170. The summed E-state index contributed by atoms with van der Waals surface area (Å²) in [6.07, 6.45) is -3.36. The summed E-state index contributed by atoms with van der Waals surface area (Å²) in [5, 5.41) is 14.2. The van der Waals surface area contributed by atoms with Crippen LogP contribution in [0.5, 0.6) is 0 Å². The van der Waals surface area contributed by atoms with Crippen molar-refractivity contribution in [2.75, 3.05) is 17.2 Å². The Bertz CT molecular complexity index is 944. The van der Waals surface area contributed by atoms with Crippen molar-refractivity contribution in [1.82, 2.24) is 0 Å². The number of hydrogen-bond donors (Lipinski definition) is 2. The van der Waals surface area contributed by atoms with E-state index in [1.165, 1.54) is 36.4 Å². The molecule has 0 spiro atoms. The van der Waals surface area contributed by atoms with Crippen molar-refractivity contribution in [3.8, 4) is 6.07 Å². The van der Waals surface area contributed by atoms with Crippen molar-refractivity contribution in [2.45, 2.75) is 13.1 Å². The molecule has 29 heavy (non-hydrogen) atoms. The van der Waals surface area contributed by atoms with Crippen LogP contribution in [0.1, 0.15) is 22.8 Å². The van der Waals surface area contributed by atoms with Gasteiger partial charge in [0.2, 0.25) is 0 Å². The second-order valence-corrected chi connectivity index (χ2v) is 5.64. The Labute approximate surface area is 164 Å². The zero-order valence-electron chi connectivity index (χ0n) is 15.2. The topological polar surface area (TPSA) is 91.2 Å². The monoisotopic (exact) mass is 403 g/mol. The van der Waals surface area contributed by atoms with Gasteiger partial charge in [-0.3, -0.25) is 4.79 Å². The molecule has 2 aromatic rings. The average molecular weight is 403 g/mol. The van der Waals surface area contributed by atoms with E-state index in [9.17, 15) is 22.8 Å². The Morgan fingerprint density at radius 1 is 1.07 bits per heavy atom. The number of benzene rings is 2. The minimum Gasteiger partial charge on any atom is -0.462 e. The normalized spacial score (nSPS) is 11.3. The fraction of sp³-hybridized carbons (Fsp3) is 0.150. The van der Waals surface area contributed by atoms with Gasteiger partial charge in [-0.25, -0.2) is 4.79 Å².